The van der Waals surface area contributed by atoms with E-state index in [4.69, 9.17) is 4.74 Å². The minimum absolute atomic E-state index is 0.0978. The third kappa shape index (κ3) is 1.94. The molecule has 21 heavy (non-hydrogen) atoms. The molecule has 4 unspecified atom stereocenters. The van der Waals surface area contributed by atoms with Crippen molar-refractivity contribution in [1.82, 2.24) is 0 Å². The quantitative estimate of drug-likeness (QED) is 0.508. The Morgan fingerprint density at radius 2 is 1.95 bits per heavy atom. The van der Waals surface area contributed by atoms with Gasteiger partial charge in [0.05, 0.1) is 0 Å². The Morgan fingerprint density at radius 3 is 2.52 bits per heavy atom. The summed E-state index contributed by atoms with van der Waals surface area (Å²) in [6.07, 6.45) is 8.03. The standard InChI is InChI=1S/C19H30O2/c1-13(2)15-7-10-17(4)8-6-9-19(18(17,5)12-15)11-14(3)16(20)21-19/h13,15H,3,6-12H2,1-2,4-5H3. The first kappa shape index (κ1) is 15.1. The molecule has 2 saturated carbocycles. The number of carbonyl (C=O) groups excluding carboxylic acids is 1. The van der Waals surface area contributed by atoms with Crippen molar-refractivity contribution in [2.24, 2.45) is 22.7 Å². The van der Waals surface area contributed by atoms with Gasteiger partial charge < -0.3 is 4.74 Å². The van der Waals surface area contributed by atoms with Gasteiger partial charge in [0.15, 0.2) is 0 Å². The highest BCUT2D eigenvalue weighted by Gasteiger charge is 2.66. The maximum Gasteiger partial charge on any atom is 0.334 e. The van der Waals surface area contributed by atoms with Crippen molar-refractivity contribution in [1.29, 1.82) is 0 Å². The SMILES string of the molecule is C=C1CC2(CCCC3(C)CCC(C(C)C)CC32C)OC1=O. The molecule has 0 N–H and O–H groups in total. The minimum Gasteiger partial charge on any atom is -0.455 e. The van der Waals surface area contributed by atoms with Crippen LogP contribution in [0.5, 0.6) is 0 Å². The van der Waals surface area contributed by atoms with Gasteiger partial charge in [-0.1, -0.05) is 34.3 Å². The summed E-state index contributed by atoms with van der Waals surface area (Å²) in [5, 5.41) is 0. The lowest BCUT2D eigenvalue weighted by molar-refractivity contribution is -0.210. The third-order valence-corrected chi connectivity index (χ3v) is 7.40. The second-order valence-corrected chi connectivity index (χ2v) is 8.66. The zero-order valence-corrected chi connectivity index (χ0v) is 14.1. The highest BCUT2D eigenvalue weighted by molar-refractivity contribution is 5.90. The summed E-state index contributed by atoms with van der Waals surface area (Å²) in [6.45, 7) is 13.5. The van der Waals surface area contributed by atoms with Gasteiger partial charge in [0, 0.05) is 17.4 Å². The third-order valence-electron chi connectivity index (χ3n) is 7.40. The molecule has 2 nitrogen and oxygen atoms in total. The van der Waals surface area contributed by atoms with E-state index in [2.05, 4.69) is 34.3 Å². The van der Waals surface area contributed by atoms with Crippen LogP contribution in [0.2, 0.25) is 0 Å². The number of hydrogen-bond acceptors (Lipinski definition) is 2. The molecule has 3 aliphatic rings. The fourth-order valence-electron chi connectivity index (χ4n) is 5.55. The average molecular weight is 290 g/mol. The molecule has 3 rings (SSSR count). The summed E-state index contributed by atoms with van der Waals surface area (Å²) in [5.41, 5.74) is 0.816. The highest BCUT2D eigenvalue weighted by atomic mass is 16.6. The Bertz CT molecular complexity index is 462. The van der Waals surface area contributed by atoms with Gasteiger partial charge in [-0.25, -0.2) is 4.79 Å². The van der Waals surface area contributed by atoms with Crippen molar-refractivity contribution in [3.05, 3.63) is 12.2 Å². The molecule has 2 heteroatoms. The van der Waals surface area contributed by atoms with Crippen LogP contribution in [0.1, 0.15) is 72.6 Å². The van der Waals surface area contributed by atoms with Crippen LogP contribution in [0.25, 0.3) is 0 Å². The first-order chi connectivity index (χ1) is 9.73. The predicted molar refractivity (Wildman–Crippen MR) is 84.8 cm³/mol. The fraction of sp³-hybridized carbons (Fsp3) is 0.842. The number of esters is 1. The highest BCUT2D eigenvalue weighted by Crippen LogP contribution is 2.67. The molecule has 1 saturated heterocycles. The Labute approximate surface area is 129 Å². The van der Waals surface area contributed by atoms with E-state index in [1.807, 2.05) is 0 Å². The monoisotopic (exact) mass is 290 g/mol. The second-order valence-electron chi connectivity index (χ2n) is 8.66. The average Bonchev–Trinajstić information content (AvgIpc) is 2.68. The van der Waals surface area contributed by atoms with Crippen molar-refractivity contribution in [2.45, 2.75) is 78.2 Å². The molecular weight excluding hydrogens is 260 g/mol. The Morgan fingerprint density at radius 1 is 1.24 bits per heavy atom. The number of hydrogen-bond donors (Lipinski definition) is 0. The predicted octanol–water partition coefficient (Wildman–Crippen LogP) is 4.88. The van der Waals surface area contributed by atoms with Crippen LogP contribution in [0.4, 0.5) is 0 Å². The summed E-state index contributed by atoms with van der Waals surface area (Å²) >= 11 is 0. The van der Waals surface area contributed by atoms with E-state index in [0.29, 0.717) is 16.9 Å². The molecule has 0 aromatic carbocycles. The van der Waals surface area contributed by atoms with Crippen LogP contribution in [0.15, 0.2) is 12.2 Å². The van der Waals surface area contributed by atoms with Crippen molar-refractivity contribution in [3.63, 3.8) is 0 Å². The van der Waals surface area contributed by atoms with Gasteiger partial charge in [0.1, 0.15) is 5.60 Å². The summed E-state index contributed by atoms with van der Waals surface area (Å²) in [4.78, 5) is 12.1. The summed E-state index contributed by atoms with van der Waals surface area (Å²) in [6, 6.07) is 0. The Hall–Kier alpha value is -0.790. The van der Waals surface area contributed by atoms with Crippen molar-refractivity contribution in [3.8, 4) is 0 Å². The van der Waals surface area contributed by atoms with Crippen LogP contribution >= 0.6 is 0 Å². The fourth-order valence-corrected chi connectivity index (χ4v) is 5.55. The number of carbonyl (C=O) groups is 1. The minimum atomic E-state index is -0.276. The lowest BCUT2D eigenvalue weighted by Crippen LogP contribution is -2.61. The maximum absolute atomic E-state index is 12.1. The molecule has 2 aliphatic carbocycles. The summed E-state index contributed by atoms with van der Waals surface area (Å²) in [5.74, 6) is 1.32. The van der Waals surface area contributed by atoms with Crippen LogP contribution in [-0.4, -0.2) is 11.6 Å². The largest absolute Gasteiger partial charge is 0.455 e. The van der Waals surface area contributed by atoms with E-state index >= 15 is 0 Å². The first-order valence-electron chi connectivity index (χ1n) is 8.64. The molecule has 0 bridgehead atoms. The second kappa shape index (κ2) is 4.60. The van der Waals surface area contributed by atoms with Gasteiger partial charge in [-0.05, 0) is 55.8 Å². The van der Waals surface area contributed by atoms with E-state index < -0.39 is 0 Å². The molecule has 0 aromatic heterocycles. The zero-order valence-electron chi connectivity index (χ0n) is 14.1. The van der Waals surface area contributed by atoms with Gasteiger partial charge in [-0.3, -0.25) is 0 Å². The van der Waals surface area contributed by atoms with Crippen LogP contribution in [-0.2, 0) is 9.53 Å². The molecule has 1 aliphatic heterocycles. The molecule has 1 spiro atoms. The van der Waals surface area contributed by atoms with Crippen molar-refractivity contribution >= 4 is 5.97 Å². The van der Waals surface area contributed by atoms with Crippen LogP contribution in [0.3, 0.4) is 0 Å². The zero-order chi connectivity index (χ0) is 15.5. The summed E-state index contributed by atoms with van der Waals surface area (Å²) < 4.78 is 6.03. The van der Waals surface area contributed by atoms with Crippen LogP contribution < -0.4 is 0 Å². The first-order valence-corrected chi connectivity index (χ1v) is 8.64. The molecule has 0 aromatic rings. The molecule has 4 atom stereocenters. The molecular formula is C19H30O2. The number of ether oxygens (including phenoxy) is 1. The molecule has 1 heterocycles. The van der Waals surface area contributed by atoms with E-state index in [1.54, 1.807) is 0 Å². The molecule has 3 fully saturated rings. The van der Waals surface area contributed by atoms with Gasteiger partial charge in [-0.2, -0.15) is 0 Å². The molecule has 0 amide bonds. The lowest BCUT2D eigenvalue weighted by atomic mass is 9.43. The van der Waals surface area contributed by atoms with Crippen LogP contribution in [0, 0.1) is 22.7 Å². The topological polar surface area (TPSA) is 26.3 Å². The smallest absolute Gasteiger partial charge is 0.334 e. The van der Waals surface area contributed by atoms with E-state index in [0.717, 1.165) is 18.8 Å². The van der Waals surface area contributed by atoms with E-state index in [-0.39, 0.29) is 17.0 Å². The Balaban J connectivity index is 2.02. The number of rotatable bonds is 1. The van der Waals surface area contributed by atoms with Crippen molar-refractivity contribution < 1.29 is 9.53 Å². The molecule has 0 radical (unpaired) electrons. The molecule has 118 valence electrons. The van der Waals surface area contributed by atoms with E-state index in [1.165, 1.54) is 32.1 Å². The van der Waals surface area contributed by atoms with Gasteiger partial charge in [0.2, 0.25) is 0 Å². The van der Waals surface area contributed by atoms with Gasteiger partial charge in [0.25, 0.3) is 0 Å². The normalized spacial score (nSPS) is 46.8. The maximum atomic E-state index is 12.1. The van der Waals surface area contributed by atoms with Crippen molar-refractivity contribution in [2.75, 3.05) is 0 Å². The lowest BCUT2D eigenvalue weighted by Gasteiger charge is -2.63. The number of fused-ring (bicyclic) bond motifs is 2. The van der Waals surface area contributed by atoms with E-state index in [9.17, 15) is 4.79 Å². The van der Waals surface area contributed by atoms with Gasteiger partial charge >= 0.3 is 5.97 Å². The van der Waals surface area contributed by atoms with Gasteiger partial charge in [-0.15, -0.1) is 0 Å². The summed E-state index contributed by atoms with van der Waals surface area (Å²) in [7, 11) is 0. The Kier molecular flexibility index (Phi) is 3.31.